The molecule has 0 saturated heterocycles. The minimum absolute atomic E-state index is 0.200. The lowest BCUT2D eigenvalue weighted by molar-refractivity contribution is -0.140. The van der Waals surface area contributed by atoms with Gasteiger partial charge < -0.3 is 10.1 Å². The van der Waals surface area contributed by atoms with Gasteiger partial charge in [0.2, 0.25) is 0 Å². The summed E-state index contributed by atoms with van der Waals surface area (Å²) in [4.78, 5) is 11.1. The van der Waals surface area contributed by atoms with E-state index in [0.717, 1.165) is 15.7 Å². The molecule has 1 rings (SSSR count). The lowest BCUT2D eigenvalue weighted by Gasteiger charge is -2.09. The Morgan fingerprint density at radius 3 is 2.93 bits per heavy atom. The molecule has 0 heterocycles. The number of nitrogens with one attached hydrogen (secondary N) is 1. The summed E-state index contributed by atoms with van der Waals surface area (Å²) in [5, 5.41) is 3.03. The average Bonchev–Trinajstić information content (AvgIpc) is 2.20. The van der Waals surface area contributed by atoms with Gasteiger partial charge in [0.15, 0.2) is 0 Å². The fourth-order valence-corrected chi connectivity index (χ4v) is 1.53. The van der Waals surface area contributed by atoms with E-state index in [1.165, 1.54) is 0 Å². The van der Waals surface area contributed by atoms with Crippen molar-refractivity contribution >= 4 is 27.6 Å². The molecule has 0 aliphatic carbocycles. The van der Waals surface area contributed by atoms with Crippen molar-refractivity contribution in [2.75, 3.05) is 18.5 Å². The normalized spacial score (nSPS) is 9.80. The molecule has 0 saturated carbocycles. The number of halogens is 1. The van der Waals surface area contributed by atoms with Crippen LogP contribution < -0.4 is 5.32 Å². The Labute approximate surface area is 97.9 Å². The van der Waals surface area contributed by atoms with E-state index in [1.807, 2.05) is 25.1 Å². The maximum Gasteiger partial charge on any atom is 0.325 e. The monoisotopic (exact) mass is 271 g/mol. The highest BCUT2D eigenvalue weighted by Crippen LogP contribution is 2.20. The third-order valence-corrected chi connectivity index (χ3v) is 2.42. The zero-order chi connectivity index (χ0) is 11.3. The molecule has 0 atom stereocenters. The molecule has 0 spiro atoms. The van der Waals surface area contributed by atoms with E-state index in [-0.39, 0.29) is 12.5 Å². The molecular formula is C11H14BrNO2. The maximum atomic E-state index is 11.1. The number of benzene rings is 1. The first kappa shape index (κ1) is 12.0. The van der Waals surface area contributed by atoms with Crippen molar-refractivity contribution < 1.29 is 9.53 Å². The average molecular weight is 272 g/mol. The van der Waals surface area contributed by atoms with Crippen LogP contribution in [0.25, 0.3) is 0 Å². The number of ether oxygens (including phenoxy) is 1. The Morgan fingerprint density at radius 1 is 1.53 bits per heavy atom. The molecule has 0 unspecified atom stereocenters. The van der Waals surface area contributed by atoms with Crippen molar-refractivity contribution in [1.82, 2.24) is 0 Å². The van der Waals surface area contributed by atoms with Gasteiger partial charge in [-0.25, -0.2) is 0 Å². The van der Waals surface area contributed by atoms with Crippen molar-refractivity contribution in [2.45, 2.75) is 13.8 Å². The lowest BCUT2D eigenvalue weighted by atomic mass is 10.2. The zero-order valence-corrected chi connectivity index (χ0v) is 10.4. The Hall–Kier alpha value is -1.03. The van der Waals surface area contributed by atoms with Crippen LogP contribution in [-0.2, 0) is 9.53 Å². The smallest absolute Gasteiger partial charge is 0.325 e. The number of hydrogen-bond donors (Lipinski definition) is 1. The number of hydrogen-bond acceptors (Lipinski definition) is 3. The van der Waals surface area contributed by atoms with Gasteiger partial charge in [-0.3, -0.25) is 4.79 Å². The van der Waals surface area contributed by atoms with Gasteiger partial charge in [0.25, 0.3) is 0 Å². The largest absolute Gasteiger partial charge is 0.465 e. The van der Waals surface area contributed by atoms with Crippen LogP contribution in [0.15, 0.2) is 22.7 Å². The molecule has 0 aliphatic heterocycles. The molecule has 1 N–H and O–H groups in total. The van der Waals surface area contributed by atoms with Crippen LogP contribution in [0, 0.1) is 6.92 Å². The molecule has 0 amide bonds. The van der Waals surface area contributed by atoms with Crippen molar-refractivity contribution in [2.24, 2.45) is 0 Å². The Bertz CT molecular complexity index is 352. The summed E-state index contributed by atoms with van der Waals surface area (Å²) in [6.45, 7) is 4.39. The molecule has 0 aliphatic rings. The molecule has 1 aromatic rings. The highest BCUT2D eigenvalue weighted by Gasteiger charge is 2.03. The second-order valence-corrected chi connectivity index (χ2v) is 4.03. The first-order chi connectivity index (χ1) is 7.13. The van der Waals surface area contributed by atoms with Crippen LogP contribution in [0.5, 0.6) is 0 Å². The quantitative estimate of drug-likeness (QED) is 0.856. The summed E-state index contributed by atoms with van der Waals surface area (Å²) in [7, 11) is 0. The van der Waals surface area contributed by atoms with Gasteiger partial charge >= 0.3 is 5.97 Å². The lowest BCUT2D eigenvalue weighted by Crippen LogP contribution is -2.17. The van der Waals surface area contributed by atoms with Gasteiger partial charge in [0.1, 0.15) is 6.54 Å². The second-order valence-electron chi connectivity index (χ2n) is 3.12. The zero-order valence-electron chi connectivity index (χ0n) is 8.84. The number of rotatable bonds is 4. The van der Waals surface area contributed by atoms with Gasteiger partial charge in [-0.15, -0.1) is 0 Å². The summed E-state index contributed by atoms with van der Waals surface area (Å²) >= 11 is 3.38. The van der Waals surface area contributed by atoms with E-state index in [2.05, 4.69) is 21.2 Å². The number of carbonyl (C=O) groups excluding carboxylic acids is 1. The molecule has 3 nitrogen and oxygen atoms in total. The maximum absolute atomic E-state index is 11.1. The van der Waals surface area contributed by atoms with Crippen molar-refractivity contribution in [3.05, 3.63) is 28.2 Å². The third kappa shape index (κ3) is 3.91. The van der Waals surface area contributed by atoms with Gasteiger partial charge in [0, 0.05) is 10.2 Å². The molecule has 0 fully saturated rings. The van der Waals surface area contributed by atoms with Crippen molar-refractivity contribution in [3.8, 4) is 0 Å². The molecule has 0 aromatic heterocycles. The van der Waals surface area contributed by atoms with E-state index in [1.54, 1.807) is 6.92 Å². The highest BCUT2D eigenvalue weighted by atomic mass is 79.9. The first-order valence-electron chi connectivity index (χ1n) is 4.79. The van der Waals surface area contributed by atoms with E-state index >= 15 is 0 Å². The van der Waals surface area contributed by atoms with Gasteiger partial charge in [0.05, 0.1) is 6.61 Å². The van der Waals surface area contributed by atoms with Crippen LogP contribution in [-0.4, -0.2) is 19.1 Å². The molecular weight excluding hydrogens is 258 g/mol. The van der Waals surface area contributed by atoms with Gasteiger partial charge in [-0.2, -0.15) is 0 Å². The summed E-state index contributed by atoms with van der Waals surface area (Å²) in [5.74, 6) is -0.239. The van der Waals surface area contributed by atoms with Crippen LogP contribution in [0.3, 0.4) is 0 Å². The van der Waals surface area contributed by atoms with Crippen LogP contribution in [0.4, 0.5) is 5.69 Å². The number of anilines is 1. The number of esters is 1. The van der Waals surface area contributed by atoms with Crippen molar-refractivity contribution in [1.29, 1.82) is 0 Å². The predicted molar refractivity (Wildman–Crippen MR) is 64.0 cm³/mol. The third-order valence-electron chi connectivity index (χ3n) is 1.93. The molecule has 0 radical (unpaired) electrons. The van der Waals surface area contributed by atoms with Crippen LogP contribution in [0.1, 0.15) is 12.5 Å². The SMILES string of the molecule is CCOC(=O)CNc1cc(Br)ccc1C. The highest BCUT2D eigenvalue weighted by molar-refractivity contribution is 9.10. The van der Waals surface area contributed by atoms with E-state index < -0.39 is 0 Å². The van der Waals surface area contributed by atoms with E-state index in [9.17, 15) is 4.79 Å². The standard InChI is InChI=1S/C11H14BrNO2/c1-3-15-11(14)7-13-10-6-9(12)5-4-8(10)2/h4-6,13H,3,7H2,1-2H3. The van der Waals surface area contributed by atoms with Crippen LogP contribution in [0.2, 0.25) is 0 Å². The summed E-state index contributed by atoms with van der Waals surface area (Å²) in [5.41, 5.74) is 2.04. The number of aryl methyl sites for hydroxylation is 1. The first-order valence-corrected chi connectivity index (χ1v) is 5.58. The Balaban J connectivity index is 2.57. The number of carbonyl (C=O) groups is 1. The molecule has 82 valence electrons. The molecule has 15 heavy (non-hydrogen) atoms. The fraction of sp³-hybridized carbons (Fsp3) is 0.364. The summed E-state index contributed by atoms with van der Waals surface area (Å²) in [6.07, 6.45) is 0. The molecule has 0 bridgehead atoms. The Kier molecular flexibility index (Phi) is 4.62. The predicted octanol–water partition coefficient (Wildman–Crippen LogP) is 2.73. The van der Waals surface area contributed by atoms with Crippen LogP contribution >= 0.6 is 15.9 Å². The Morgan fingerprint density at radius 2 is 2.27 bits per heavy atom. The van der Waals surface area contributed by atoms with E-state index in [4.69, 9.17) is 4.74 Å². The minimum atomic E-state index is -0.239. The summed E-state index contributed by atoms with van der Waals surface area (Å²) in [6, 6.07) is 5.89. The second kappa shape index (κ2) is 5.75. The van der Waals surface area contributed by atoms with Gasteiger partial charge in [-0.05, 0) is 31.5 Å². The fourth-order valence-electron chi connectivity index (χ4n) is 1.16. The molecule has 1 aromatic carbocycles. The topological polar surface area (TPSA) is 38.3 Å². The van der Waals surface area contributed by atoms with Gasteiger partial charge in [-0.1, -0.05) is 22.0 Å². The van der Waals surface area contributed by atoms with Crippen molar-refractivity contribution in [3.63, 3.8) is 0 Å². The summed E-state index contributed by atoms with van der Waals surface area (Å²) < 4.78 is 5.81. The minimum Gasteiger partial charge on any atom is -0.465 e. The molecule has 4 heteroatoms. The van der Waals surface area contributed by atoms with E-state index in [0.29, 0.717) is 6.61 Å².